The van der Waals surface area contributed by atoms with E-state index >= 15 is 0 Å². The van der Waals surface area contributed by atoms with Gasteiger partial charge in [-0.15, -0.1) is 0 Å². The number of aryl methyl sites for hydroxylation is 1. The van der Waals surface area contributed by atoms with E-state index < -0.39 is 5.60 Å². The van der Waals surface area contributed by atoms with Crippen LogP contribution in [-0.4, -0.2) is 32.3 Å². The van der Waals surface area contributed by atoms with E-state index in [-0.39, 0.29) is 0 Å². The highest BCUT2D eigenvalue weighted by Crippen LogP contribution is 2.31. The van der Waals surface area contributed by atoms with Crippen molar-refractivity contribution in [2.75, 3.05) is 6.54 Å². The minimum atomic E-state index is -0.579. The van der Waals surface area contributed by atoms with Crippen molar-refractivity contribution in [3.05, 3.63) is 47.6 Å². The summed E-state index contributed by atoms with van der Waals surface area (Å²) in [5.74, 6) is 1.41. The average molecular weight is 329 g/mol. The first-order valence-corrected chi connectivity index (χ1v) is 8.97. The highest BCUT2D eigenvalue weighted by Gasteiger charge is 2.33. The molecule has 0 bridgehead atoms. The Morgan fingerprint density at radius 1 is 1.17 bits per heavy atom. The van der Waals surface area contributed by atoms with Gasteiger partial charge >= 0.3 is 0 Å². The van der Waals surface area contributed by atoms with E-state index in [9.17, 15) is 5.11 Å². The van der Waals surface area contributed by atoms with Gasteiger partial charge in [0, 0.05) is 19.5 Å². The first-order chi connectivity index (χ1) is 11.7. The van der Waals surface area contributed by atoms with E-state index in [0.717, 1.165) is 45.1 Å². The monoisotopic (exact) mass is 329 g/mol. The molecule has 1 aromatic carbocycles. The molecule has 5 heteroatoms. The average Bonchev–Trinajstić information content (AvgIpc) is 3.18. The van der Waals surface area contributed by atoms with Crippen LogP contribution in [0.5, 0.6) is 0 Å². The number of hydrogen-bond donors (Lipinski definition) is 1. The number of nitrogens with zero attached hydrogens (tertiary/aromatic N) is 3. The van der Waals surface area contributed by atoms with Crippen molar-refractivity contribution < 1.29 is 9.63 Å². The van der Waals surface area contributed by atoms with Gasteiger partial charge in [-0.2, -0.15) is 4.98 Å². The summed E-state index contributed by atoms with van der Waals surface area (Å²) in [5.41, 5.74) is 0.654. The number of aliphatic hydroxyl groups is 1. The van der Waals surface area contributed by atoms with E-state index in [1.807, 2.05) is 18.2 Å². The van der Waals surface area contributed by atoms with Crippen LogP contribution in [0.15, 0.2) is 34.9 Å². The molecule has 1 aliphatic rings. The summed E-state index contributed by atoms with van der Waals surface area (Å²) in [6.45, 7) is 4.13. The Hall–Kier alpha value is -1.72. The molecule has 5 nitrogen and oxygen atoms in total. The normalized spacial score (nSPS) is 16.8. The Morgan fingerprint density at radius 3 is 2.62 bits per heavy atom. The second-order valence-corrected chi connectivity index (χ2v) is 6.92. The standard InChI is InChI=1S/C19H27N3O2/c1-2-8-18-20-17(21-24-18)14-22(13-16-9-4-3-5-10-16)15-19(23)11-6-7-12-19/h3-5,9-10,23H,2,6-8,11-15H2,1H3. The fourth-order valence-corrected chi connectivity index (χ4v) is 3.49. The zero-order valence-electron chi connectivity index (χ0n) is 14.4. The molecular formula is C19H27N3O2. The highest BCUT2D eigenvalue weighted by molar-refractivity contribution is 5.14. The predicted molar refractivity (Wildman–Crippen MR) is 92.3 cm³/mol. The zero-order valence-corrected chi connectivity index (χ0v) is 14.4. The molecule has 1 aromatic heterocycles. The van der Waals surface area contributed by atoms with Gasteiger partial charge in [-0.25, -0.2) is 0 Å². The summed E-state index contributed by atoms with van der Waals surface area (Å²) in [6.07, 6.45) is 5.79. The van der Waals surface area contributed by atoms with Gasteiger partial charge in [0.2, 0.25) is 5.89 Å². The lowest BCUT2D eigenvalue weighted by atomic mass is 10.0. The number of aromatic nitrogens is 2. The molecule has 1 fully saturated rings. The predicted octanol–water partition coefficient (Wildman–Crippen LogP) is 3.33. The van der Waals surface area contributed by atoms with Crippen molar-refractivity contribution in [1.29, 1.82) is 0 Å². The van der Waals surface area contributed by atoms with Gasteiger partial charge in [0.05, 0.1) is 12.1 Å². The quantitative estimate of drug-likeness (QED) is 0.805. The third-order valence-corrected chi connectivity index (χ3v) is 4.64. The van der Waals surface area contributed by atoms with E-state index in [2.05, 4.69) is 34.1 Å². The molecule has 2 aromatic rings. The van der Waals surface area contributed by atoms with Crippen molar-refractivity contribution in [1.82, 2.24) is 15.0 Å². The molecular weight excluding hydrogens is 302 g/mol. The molecule has 0 atom stereocenters. The number of hydrogen-bond acceptors (Lipinski definition) is 5. The van der Waals surface area contributed by atoms with Gasteiger partial charge in [0.25, 0.3) is 0 Å². The Kier molecular flexibility index (Phi) is 5.63. The molecule has 0 aliphatic heterocycles. The molecule has 1 saturated carbocycles. The summed E-state index contributed by atoms with van der Waals surface area (Å²) < 4.78 is 5.30. The summed E-state index contributed by atoms with van der Waals surface area (Å²) >= 11 is 0. The minimum Gasteiger partial charge on any atom is -0.389 e. The SMILES string of the molecule is CCCc1nc(CN(Cc2ccccc2)CC2(O)CCCC2)no1. The molecule has 130 valence electrons. The van der Waals surface area contributed by atoms with Crippen molar-refractivity contribution >= 4 is 0 Å². The molecule has 24 heavy (non-hydrogen) atoms. The number of benzene rings is 1. The molecule has 0 spiro atoms. The van der Waals surface area contributed by atoms with Gasteiger partial charge in [0.1, 0.15) is 0 Å². The van der Waals surface area contributed by atoms with E-state index in [0.29, 0.717) is 24.8 Å². The summed E-state index contributed by atoms with van der Waals surface area (Å²) in [7, 11) is 0. The van der Waals surface area contributed by atoms with E-state index in [4.69, 9.17) is 4.52 Å². The largest absolute Gasteiger partial charge is 0.389 e. The Morgan fingerprint density at radius 2 is 1.92 bits per heavy atom. The first-order valence-electron chi connectivity index (χ1n) is 8.97. The van der Waals surface area contributed by atoms with Gasteiger partial charge < -0.3 is 9.63 Å². The van der Waals surface area contributed by atoms with Crippen molar-refractivity contribution in [3.8, 4) is 0 Å². The van der Waals surface area contributed by atoms with Crippen LogP contribution in [0.25, 0.3) is 0 Å². The fourth-order valence-electron chi connectivity index (χ4n) is 3.49. The summed E-state index contributed by atoms with van der Waals surface area (Å²) in [6, 6.07) is 10.3. The smallest absolute Gasteiger partial charge is 0.226 e. The Balaban J connectivity index is 1.70. The third kappa shape index (κ3) is 4.65. The van der Waals surface area contributed by atoms with Crippen molar-refractivity contribution in [2.45, 2.75) is 64.1 Å². The van der Waals surface area contributed by atoms with Crippen LogP contribution in [0.3, 0.4) is 0 Å². The fraction of sp³-hybridized carbons (Fsp3) is 0.579. The van der Waals surface area contributed by atoms with Gasteiger partial charge in [0.15, 0.2) is 5.82 Å². The highest BCUT2D eigenvalue weighted by atomic mass is 16.5. The van der Waals surface area contributed by atoms with Gasteiger partial charge in [-0.3, -0.25) is 4.90 Å². The molecule has 0 amide bonds. The lowest BCUT2D eigenvalue weighted by Crippen LogP contribution is -2.40. The molecule has 1 aliphatic carbocycles. The zero-order chi connectivity index (χ0) is 16.8. The molecule has 0 saturated heterocycles. The van der Waals surface area contributed by atoms with Crippen LogP contribution in [0.2, 0.25) is 0 Å². The lowest BCUT2D eigenvalue weighted by Gasteiger charge is -2.30. The maximum Gasteiger partial charge on any atom is 0.226 e. The number of rotatable bonds is 8. The van der Waals surface area contributed by atoms with Crippen molar-refractivity contribution in [2.24, 2.45) is 0 Å². The summed E-state index contributed by atoms with van der Waals surface area (Å²) in [5, 5.41) is 14.9. The van der Waals surface area contributed by atoms with E-state index in [1.165, 1.54) is 5.56 Å². The Labute approximate surface area is 143 Å². The van der Waals surface area contributed by atoms with Crippen LogP contribution in [0, 0.1) is 0 Å². The molecule has 0 unspecified atom stereocenters. The van der Waals surface area contributed by atoms with Gasteiger partial charge in [-0.1, -0.05) is 55.3 Å². The maximum absolute atomic E-state index is 10.8. The van der Waals surface area contributed by atoms with Gasteiger partial charge in [-0.05, 0) is 24.8 Å². The lowest BCUT2D eigenvalue weighted by molar-refractivity contribution is 0.00368. The molecule has 3 rings (SSSR count). The van der Waals surface area contributed by atoms with E-state index in [1.54, 1.807) is 0 Å². The molecule has 1 N–H and O–H groups in total. The van der Waals surface area contributed by atoms with Crippen LogP contribution >= 0.6 is 0 Å². The second kappa shape index (κ2) is 7.90. The molecule has 0 radical (unpaired) electrons. The minimum absolute atomic E-state index is 0.579. The van der Waals surface area contributed by atoms with Crippen molar-refractivity contribution in [3.63, 3.8) is 0 Å². The maximum atomic E-state index is 10.8. The van der Waals surface area contributed by atoms with Crippen LogP contribution < -0.4 is 0 Å². The second-order valence-electron chi connectivity index (χ2n) is 6.92. The summed E-state index contributed by atoms with van der Waals surface area (Å²) in [4.78, 5) is 6.71. The first kappa shape index (κ1) is 17.1. The Bertz CT molecular complexity index is 621. The molecule has 1 heterocycles. The van der Waals surface area contributed by atoms with Crippen LogP contribution in [0.4, 0.5) is 0 Å². The van der Waals surface area contributed by atoms with Crippen LogP contribution in [-0.2, 0) is 19.5 Å². The third-order valence-electron chi connectivity index (χ3n) is 4.64. The van der Waals surface area contributed by atoms with Crippen LogP contribution in [0.1, 0.15) is 56.3 Å². The topological polar surface area (TPSA) is 62.4 Å².